The second kappa shape index (κ2) is 7.03. The molecule has 0 N–H and O–H groups in total. The Morgan fingerprint density at radius 3 is 2.41 bits per heavy atom. The number of ether oxygens (including phenoxy) is 1. The Hall–Kier alpha value is -2.59. The van der Waals surface area contributed by atoms with Crippen LogP contribution in [0.25, 0.3) is 11.0 Å². The minimum absolute atomic E-state index is 0.0342. The third kappa shape index (κ3) is 3.95. The van der Waals surface area contributed by atoms with E-state index in [1.807, 2.05) is 25.1 Å². The first-order valence-corrected chi connectivity index (χ1v) is 10.1. The standard InChI is InChI=1S/C24H23ClO4/c1-13-9-15-10-14(11-20(25)22(15)28-13)21(26)18-12-19(18)23(27)29-17-7-5-16(6-8-17)24(2,3)4/h5-11,18-19H,12H2,1-4H3/t18-,19-/m0/s1. The van der Waals surface area contributed by atoms with Crippen molar-refractivity contribution >= 4 is 34.3 Å². The van der Waals surface area contributed by atoms with E-state index < -0.39 is 5.92 Å². The molecule has 4 rings (SSSR count). The van der Waals surface area contributed by atoms with Crippen LogP contribution in [0.5, 0.6) is 5.75 Å². The molecule has 0 spiro atoms. The second-order valence-corrected chi connectivity index (χ2v) is 9.15. The number of benzene rings is 2. The van der Waals surface area contributed by atoms with E-state index in [0.29, 0.717) is 28.3 Å². The lowest BCUT2D eigenvalue weighted by molar-refractivity contribution is -0.136. The van der Waals surface area contributed by atoms with Crippen LogP contribution in [0.15, 0.2) is 46.9 Å². The summed E-state index contributed by atoms with van der Waals surface area (Å²) in [6.07, 6.45) is 0.498. The molecular formula is C24H23ClO4. The number of aryl methyl sites for hydroxylation is 1. The van der Waals surface area contributed by atoms with Gasteiger partial charge in [0.1, 0.15) is 11.5 Å². The first-order chi connectivity index (χ1) is 13.6. The Morgan fingerprint density at radius 2 is 1.76 bits per heavy atom. The highest BCUT2D eigenvalue weighted by atomic mass is 35.5. The van der Waals surface area contributed by atoms with Crippen LogP contribution >= 0.6 is 11.6 Å². The number of esters is 1. The van der Waals surface area contributed by atoms with Crippen LogP contribution in [0.2, 0.25) is 5.02 Å². The molecule has 150 valence electrons. The molecule has 0 aliphatic heterocycles. The Labute approximate surface area is 174 Å². The average Bonchev–Trinajstić information content (AvgIpc) is 3.36. The van der Waals surface area contributed by atoms with Crippen molar-refractivity contribution in [2.24, 2.45) is 11.8 Å². The number of rotatable bonds is 4. The Bertz CT molecular complexity index is 1100. The fourth-order valence-corrected chi connectivity index (χ4v) is 3.82. The molecule has 0 amide bonds. The fraction of sp³-hybridized carbons (Fsp3) is 0.333. The SMILES string of the molecule is Cc1cc2cc(C(=O)[C@H]3C[C@@H]3C(=O)Oc3ccc(C(C)(C)C)cc3)cc(Cl)c2o1. The fourth-order valence-electron chi connectivity index (χ4n) is 3.56. The molecule has 2 atom stereocenters. The number of ketones is 1. The lowest BCUT2D eigenvalue weighted by Gasteiger charge is -2.19. The molecular weight excluding hydrogens is 388 g/mol. The molecule has 3 aromatic rings. The molecule has 1 aliphatic rings. The van der Waals surface area contributed by atoms with E-state index in [-0.39, 0.29) is 23.1 Å². The summed E-state index contributed by atoms with van der Waals surface area (Å²) in [5.74, 6) is 0.00961. The molecule has 1 fully saturated rings. The van der Waals surface area contributed by atoms with Crippen molar-refractivity contribution in [3.8, 4) is 5.75 Å². The summed E-state index contributed by atoms with van der Waals surface area (Å²) in [6, 6.07) is 12.7. The van der Waals surface area contributed by atoms with Crippen LogP contribution in [-0.4, -0.2) is 11.8 Å². The summed E-state index contributed by atoms with van der Waals surface area (Å²) in [4.78, 5) is 25.3. The normalized spacial score (nSPS) is 18.7. The summed E-state index contributed by atoms with van der Waals surface area (Å²) in [5, 5.41) is 1.19. The maximum absolute atomic E-state index is 12.8. The first kappa shape index (κ1) is 19.7. The van der Waals surface area contributed by atoms with Gasteiger partial charge >= 0.3 is 5.97 Å². The van der Waals surface area contributed by atoms with E-state index in [1.165, 1.54) is 5.56 Å². The summed E-state index contributed by atoms with van der Waals surface area (Å²) in [6.45, 7) is 8.22. The molecule has 1 heterocycles. The van der Waals surface area contributed by atoms with Crippen molar-refractivity contribution in [2.45, 2.75) is 39.5 Å². The zero-order valence-electron chi connectivity index (χ0n) is 16.9. The van der Waals surface area contributed by atoms with Gasteiger partial charge in [-0.25, -0.2) is 0 Å². The number of Topliss-reactive ketones (excluding diaryl/α,β-unsaturated/α-hetero) is 1. The largest absolute Gasteiger partial charge is 0.460 e. The molecule has 1 aromatic heterocycles. The van der Waals surface area contributed by atoms with Gasteiger partial charge < -0.3 is 9.15 Å². The van der Waals surface area contributed by atoms with Gasteiger partial charge in [0.15, 0.2) is 11.4 Å². The van der Waals surface area contributed by atoms with E-state index in [1.54, 1.807) is 24.3 Å². The van der Waals surface area contributed by atoms with Gasteiger partial charge in [0.25, 0.3) is 0 Å². The lowest BCUT2D eigenvalue weighted by atomic mass is 9.87. The van der Waals surface area contributed by atoms with Gasteiger partial charge in [-0.15, -0.1) is 0 Å². The van der Waals surface area contributed by atoms with Gasteiger partial charge in [0, 0.05) is 16.9 Å². The molecule has 0 unspecified atom stereocenters. The molecule has 1 aliphatic carbocycles. The van der Waals surface area contributed by atoms with Gasteiger partial charge in [-0.2, -0.15) is 0 Å². The predicted octanol–water partition coefficient (Wildman–Crippen LogP) is 6.12. The van der Waals surface area contributed by atoms with Crippen LogP contribution in [0.1, 0.15) is 48.9 Å². The van der Waals surface area contributed by atoms with Gasteiger partial charge in [0.05, 0.1) is 10.9 Å². The van der Waals surface area contributed by atoms with E-state index in [2.05, 4.69) is 20.8 Å². The van der Waals surface area contributed by atoms with E-state index in [4.69, 9.17) is 20.8 Å². The van der Waals surface area contributed by atoms with Gasteiger partial charge in [0.2, 0.25) is 0 Å². The Morgan fingerprint density at radius 1 is 1.07 bits per heavy atom. The number of fused-ring (bicyclic) bond motifs is 1. The molecule has 2 aromatic carbocycles. The van der Waals surface area contributed by atoms with Crippen LogP contribution in [0, 0.1) is 18.8 Å². The van der Waals surface area contributed by atoms with Crippen molar-refractivity contribution in [3.05, 3.63) is 64.4 Å². The highest BCUT2D eigenvalue weighted by molar-refractivity contribution is 6.35. The van der Waals surface area contributed by atoms with Gasteiger partial charge in [-0.05, 0) is 54.7 Å². The van der Waals surface area contributed by atoms with Crippen molar-refractivity contribution in [2.75, 3.05) is 0 Å². The summed E-state index contributed by atoms with van der Waals surface area (Å²) < 4.78 is 11.0. The zero-order valence-corrected chi connectivity index (χ0v) is 17.7. The van der Waals surface area contributed by atoms with Crippen molar-refractivity contribution in [3.63, 3.8) is 0 Å². The number of carbonyl (C=O) groups excluding carboxylic acids is 2. The van der Waals surface area contributed by atoms with E-state index >= 15 is 0 Å². The van der Waals surface area contributed by atoms with Gasteiger partial charge in [-0.3, -0.25) is 9.59 Å². The quantitative estimate of drug-likeness (QED) is 0.295. The second-order valence-electron chi connectivity index (χ2n) is 8.74. The smallest absolute Gasteiger partial charge is 0.315 e. The number of hydrogen-bond acceptors (Lipinski definition) is 4. The highest BCUT2D eigenvalue weighted by Gasteiger charge is 2.49. The molecule has 4 nitrogen and oxygen atoms in total. The van der Waals surface area contributed by atoms with Crippen LogP contribution in [0.4, 0.5) is 0 Å². The summed E-state index contributed by atoms with van der Waals surface area (Å²) in [5.41, 5.74) is 2.27. The molecule has 1 saturated carbocycles. The highest BCUT2D eigenvalue weighted by Crippen LogP contribution is 2.43. The Balaban J connectivity index is 1.44. The third-order valence-electron chi connectivity index (χ3n) is 5.35. The maximum atomic E-state index is 12.8. The van der Waals surface area contributed by atoms with Crippen molar-refractivity contribution in [1.29, 1.82) is 0 Å². The van der Waals surface area contributed by atoms with Crippen molar-refractivity contribution < 1.29 is 18.7 Å². The third-order valence-corrected chi connectivity index (χ3v) is 5.63. The van der Waals surface area contributed by atoms with Crippen molar-refractivity contribution in [1.82, 2.24) is 0 Å². The van der Waals surface area contributed by atoms with Crippen LogP contribution in [0.3, 0.4) is 0 Å². The molecule has 5 heteroatoms. The molecule has 29 heavy (non-hydrogen) atoms. The number of hydrogen-bond donors (Lipinski definition) is 0. The number of carbonyl (C=O) groups is 2. The topological polar surface area (TPSA) is 56.5 Å². The molecule has 0 saturated heterocycles. The zero-order chi connectivity index (χ0) is 20.9. The monoisotopic (exact) mass is 410 g/mol. The number of furan rings is 1. The van der Waals surface area contributed by atoms with Crippen LogP contribution < -0.4 is 4.74 Å². The van der Waals surface area contributed by atoms with Gasteiger partial charge in [-0.1, -0.05) is 44.5 Å². The average molecular weight is 411 g/mol. The van der Waals surface area contributed by atoms with Crippen LogP contribution in [-0.2, 0) is 10.2 Å². The minimum Gasteiger partial charge on any atom is -0.460 e. The lowest BCUT2D eigenvalue weighted by Crippen LogP contribution is -2.15. The molecule has 0 bridgehead atoms. The Kier molecular flexibility index (Phi) is 4.78. The first-order valence-electron chi connectivity index (χ1n) is 9.69. The predicted molar refractivity (Wildman–Crippen MR) is 113 cm³/mol. The molecule has 0 radical (unpaired) electrons. The van der Waals surface area contributed by atoms with E-state index in [0.717, 1.165) is 11.1 Å². The van der Waals surface area contributed by atoms with E-state index in [9.17, 15) is 9.59 Å². The number of halogens is 1. The summed E-state index contributed by atoms with van der Waals surface area (Å²) >= 11 is 6.26. The minimum atomic E-state index is -0.412. The summed E-state index contributed by atoms with van der Waals surface area (Å²) in [7, 11) is 0. The maximum Gasteiger partial charge on any atom is 0.315 e.